The number of nitrogens with one attached hydrogen (secondary N) is 2. The van der Waals surface area contributed by atoms with Crippen LogP contribution in [-0.4, -0.2) is 10.0 Å². The van der Waals surface area contributed by atoms with Gasteiger partial charge in [-0.3, -0.25) is 10.1 Å². The van der Waals surface area contributed by atoms with Crippen molar-refractivity contribution in [1.82, 2.24) is 0 Å². The van der Waals surface area contributed by atoms with E-state index in [0.29, 0.717) is 0 Å². The standard InChI is InChI=1S/C14H12FN3O2S/c1-9-2-5-11(6-3-9)16-14(21)17-12-7-4-10(15)8-13(12)18(19)20/h2-8H,1H3,(H2,16,17,21). The van der Waals surface area contributed by atoms with E-state index in [2.05, 4.69) is 10.6 Å². The lowest BCUT2D eigenvalue weighted by atomic mass is 10.2. The maximum Gasteiger partial charge on any atom is 0.295 e. The summed E-state index contributed by atoms with van der Waals surface area (Å²) in [5.74, 6) is -0.676. The topological polar surface area (TPSA) is 67.2 Å². The van der Waals surface area contributed by atoms with Gasteiger partial charge in [0.15, 0.2) is 5.11 Å². The minimum absolute atomic E-state index is 0.131. The van der Waals surface area contributed by atoms with Gasteiger partial charge in [0, 0.05) is 5.69 Å². The van der Waals surface area contributed by atoms with E-state index in [4.69, 9.17) is 12.2 Å². The lowest BCUT2D eigenvalue weighted by Crippen LogP contribution is -2.19. The van der Waals surface area contributed by atoms with Crippen molar-refractivity contribution >= 4 is 34.4 Å². The molecule has 0 heterocycles. The summed E-state index contributed by atoms with van der Waals surface area (Å²) in [6.07, 6.45) is 0. The van der Waals surface area contributed by atoms with Crippen molar-refractivity contribution in [3.63, 3.8) is 0 Å². The maximum absolute atomic E-state index is 13.0. The fraction of sp³-hybridized carbons (Fsp3) is 0.0714. The van der Waals surface area contributed by atoms with E-state index < -0.39 is 10.7 Å². The predicted octanol–water partition coefficient (Wildman–Crippen LogP) is 3.85. The van der Waals surface area contributed by atoms with Gasteiger partial charge in [0.1, 0.15) is 11.5 Å². The van der Waals surface area contributed by atoms with Crippen molar-refractivity contribution in [2.24, 2.45) is 0 Å². The summed E-state index contributed by atoms with van der Waals surface area (Å²) in [5, 5.41) is 16.7. The zero-order valence-corrected chi connectivity index (χ0v) is 11.9. The Bertz CT molecular complexity index is 689. The molecule has 0 bridgehead atoms. The quantitative estimate of drug-likeness (QED) is 0.512. The molecule has 7 heteroatoms. The van der Waals surface area contributed by atoms with Crippen molar-refractivity contribution in [1.29, 1.82) is 0 Å². The van der Waals surface area contributed by atoms with E-state index in [1.165, 1.54) is 6.07 Å². The number of hydrogen-bond donors (Lipinski definition) is 2. The van der Waals surface area contributed by atoms with E-state index in [-0.39, 0.29) is 16.5 Å². The number of benzene rings is 2. The van der Waals surface area contributed by atoms with Gasteiger partial charge in [-0.1, -0.05) is 17.7 Å². The van der Waals surface area contributed by atoms with Gasteiger partial charge in [-0.25, -0.2) is 4.39 Å². The largest absolute Gasteiger partial charge is 0.332 e. The van der Waals surface area contributed by atoms with Crippen LogP contribution in [0.3, 0.4) is 0 Å². The summed E-state index contributed by atoms with van der Waals surface area (Å²) >= 11 is 5.09. The van der Waals surface area contributed by atoms with Gasteiger partial charge >= 0.3 is 0 Å². The number of nitrogens with zero attached hydrogens (tertiary/aromatic N) is 1. The molecule has 0 atom stereocenters. The highest BCUT2D eigenvalue weighted by atomic mass is 32.1. The van der Waals surface area contributed by atoms with Gasteiger partial charge in [0.05, 0.1) is 11.0 Å². The minimum atomic E-state index is -0.676. The van der Waals surface area contributed by atoms with E-state index in [1.54, 1.807) is 0 Å². The SMILES string of the molecule is Cc1ccc(NC(=S)Nc2ccc(F)cc2[N+](=O)[O-])cc1. The molecular weight excluding hydrogens is 293 g/mol. The Balaban J connectivity index is 2.12. The third-order valence-corrected chi connectivity index (χ3v) is 2.92. The van der Waals surface area contributed by atoms with Gasteiger partial charge in [-0.15, -0.1) is 0 Å². The highest BCUT2D eigenvalue weighted by molar-refractivity contribution is 7.80. The van der Waals surface area contributed by atoms with Crippen molar-refractivity contribution in [3.05, 3.63) is 64.0 Å². The summed E-state index contributed by atoms with van der Waals surface area (Å²) in [6.45, 7) is 1.96. The summed E-state index contributed by atoms with van der Waals surface area (Å²) < 4.78 is 13.0. The summed E-state index contributed by atoms with van der Waals surface area (Å²) in [7, 11) is 0. The van der Waals surface area contributed by atoms with Crippen LogP contribution in [0.5, 0.6) is 0 Å². The van der Waals surface area contributed by atoms with Gasteiger partial charge in [-0.2, -0.15) is 0 Å². The van der Waals surface area contributed by atoms with Crippen LogP contribution in [0.25, 0.3) is 0 Å². The van der Waals surface area contributed by atoms with Gasteiger partial charge in [-0.05, 0) is 43.4 Å². The summed E-state index contributed by atoms with van der Waals surface area (Å²) in [5.41, 5.74) is 1.62. The van der Waals surface area contributed by atoms with Crippen LogP contribution in [0, 0.1) is 22.9 Å². The molecule has 0 aliphatic heterocycles. The van der Waals surface area contributed by atoms with E-state index in [9.17, 15) is 14.5 Å². The second-order valence-electron chi connectivity index (χ2n) is 4.36. The molecule has 21 heavy (non-hydrogen) atoms. The van der Waals surface area contributed by atoms with Gasteiger partial charge in [0.2, 0.25) is 0 Å². The Hall–Kier alpha value is -2.54. The van der Waals surface area contributed by atoms with Crippen LogP contribution in [0.2, 0.25) is 0 Å². The first-order valence-corrected chi connectivity index (χ1v) is 6.45. The van der Waals surface area contributed by atoms with Crippen LogP contribution in [0.4, 0.5) is 21.5 Å². The van der Waals surface area contributed by atoms with E-state index in [0.717, 1.165) is 23.4 Å². The summed E-state index contributed by atoms with van der Waals surface area (Å²) in [4.78, 5) is 10.2. The number of anilines is 2. The second-order valence-corrected chi connectivity index (χ2v) is 4.77. The van der Waals surface area contributed by atoms with Crippen molar-refractivity contribution in [2.75, 3.05) is 10.6 Å². The van der Waals surface area contributed by atoms with Crippen molar-refractivity contribution in [3.8, 4) is 0 Å². The molecule has 0 saturated heterocycles. The molecule has 2 N–H and O–H groups in total. The van der Waals surface area contributed by atoms with Crippen molar-refractivity contribution < 1.29 is 9.31 Å². The number of thiocarbonyl (C=S) groups is 1. The fourth-order valence-electron chi connectivity index (χ4n) is 1.68. The first kappa shape index (κ1) is 14.9. The van der Waals surface area contributed by atoms with E-state index >= 15 is 0 Å². The minimum Gasteiger partial charge on any atom is -0.332 e. The predicted molar refractivity (Wildman–Crippen MR) is 84.1 cm³/mol. The van der Waals surface area contributed by atoms with Crippen LogP contribution in [0.1, 0.15) is 5.56 Å². The van der Waals surface area contributed by atoms with Crippen molar-refractivity contribution in [2.45, 2.75) is 6.92 Å². The third-order valence-electron chi connectivity index (χ3n) is 2.71. The second kappa shape index (κ2) is 6.27. The van der Waals surface area contributed by atoms with E-state index in [1.807, 2.05) is 31.2 Å². The lowest BCUT2D eigenvalue weighted by molar-refractivity contribution is -0.384. The molecule has 0 radical (unpaired) electrons. The molecule has 2 aromatic carbocycles. The Morgan fingerprint density at radius 2 is 1.86 bits per heavy atom. The zero-order valence-electron chi connectivity index (χ0n) is 11.1. The smallest absolute Gasteiger partial charge is 0.295 e. The summed E-state index contributed by atoms with van der Waals surface area (Å²) in [6, 6.07) is 10.7. The number of hydrogen-bond acceptors (Lipinski definition) is 3. The molecule has 5 nitrogen and oxygen atoms in total. The molecule has 0 amide bonds. The monoisotopic (exact) mass is 305 g/mol. The molecule has 0 saturated carbocycles. The fourth-order valence-corrected chi connectivity index (χ4v) is 1.91. The molecule has 0 aliphatic rings. The van der Waals surface area contributed by atoms with Crippen LogP contribution in [0.15, 0.2) is 42.5 Å². The molecule has 0 fully saturated rings. The molecule has 0 aliphatic carbocycles. The molecular formula is C14H12FN3O2S. The number of nitro groups is 1. The van der Waals surface area contributed by atoms with Crippen LogP contribution < -0.4 is 10.6 Å². The molecule has 2 rings (SSSR count). The van der Waals surface area contributed by atoms with Crippen LogP contribution >= 0.6 is 12.2 Å². The zero-order chi connectivity index (χ0) is 15.4. The maximum atomic E-state index is 13.0. The van der Waals surface area contributed by atoms with Gasteiger partial charge < -0.3 is 10.6 Å². The first-order valence-electron chi connectivity index (χ1n) is 6.04. The molecule has 0 unspecified atom stereocenters. The molecule has 0 spiro atoms. The van der Waals surface area contributed by atoms with Crippen LogP contribution in [-0.2, 0) is 0 Å². The average Bonchev–Trinajstić information content (AvgIpc) is 2.43. The molecule has 108 valence electrons. The third kappa shape index (κ3) is 3.96. The van der Waals surface area contributed by atoms with Gasteiger partial charge in [0.25, 0.3) is 5.69 Å². The number of rotatable bonds is 3. The Morgan fingerprint density at radius 3 is 2.48 bits per heavy atom. The Morgan fingerprint density at radius 1 is 1.19 bits per heavy atom. The first-order chi connectivity index (χ1) is 9.95. The molecule has 0 aromatic heterocycles. The Labute approximate surface area is 125 Å². The Kier molecular flexibility index (Phi) is 4.44. The average molecular weight is 305 g/mol. The normalized spacial score (nSPS) is 10.0. The number of nitro benzene ring substituents is 1. The number of aryl methyl sites for hydroxylation is 1. The highest BCUT2D eigenvalue weighted by Crippen LogP contribution is 2.25. The molecule has 2 aromatic rings. The number of halogens is 1. The highest BCUT2D eigenvalue weighted by Gasteiger charge is 2.15. The lowest BCUT2D eigenvalue weighted by Gasteiger charge is -2.11.